The SMILES string of the molecule is COC(=O)c1cc(OCC(F)(F)F)ccc1N(C)C. The van der Waals surface area contributed by atoms with Crippen molar-refractivity contribution in [3.63, 3.8) is 0 Å². The summed E-state index contributed by atoms with van der Waals surface area (Å²) in [6.45, 7) is -1.41. The highest BCUT2D eigenvalue weighted by Crippen LogP contribution is 2.26. The van der Waals surface area contributed by atoms with E-state index in [9.17, 15) is 18.0 Å². The van der Waals surface area contributed by atoms with Gasteiger partial charge in [-0.25, -0.2) is 4.79 Å². The lowest BCUT2D eigenvalue weighted by molar-refractivity contribution is -0.153. The highest BCUT2D eigenvalue weighted by atomic mass is 19.4. The molecule has 0 saturated heterocycles. The van der Waals surface area contributed by atoms with Gasteiger partial charge >= 0.3 is 12.1 Å². The number of halogens is 3. The summed E-state index contributed by atoms with van der Waals surface area (Å²) in [4.78, 5) is 13.2. The molecule has 7 heteroatoms. The molecular formula is C12H14F3NO3. The number of hydrogen-bond acceptors (Lipinski definition) is 4. The zero-order valence-corrected chi connectivity index (χ0v) is 10.7. The molecule has 0 aliphatic rings. The van der Waals surface area contributed by atoms with E-state index < -0.39 is 18.8 Å². The molecule has 19 heavy (non-hydrogen) atoms. The summed E-state index contributed by atoms with van der Waals surface area (Å²) in [5.74, 6) is -0.676. The highest BCUT2D eigenvalue weighted by Gasteiger charge is 2.28. The summed E-state index contributed by atoms with van der Waals surface area (Å²) in [6.07, 6.45) is -4.42. The largest absolute Gasteiger partial charge is 0.484 e. The number of carbonyl (C=O) groups excluding carboxylic acids is 1. The standard InChI is InChI=1S/C12H14F3NO3/c1-16(2)10-5-4-8(19-7-12(13,14)15)6-9(10)11(17)18-3/h4-6H,7H2,1-3H3. The van der Waals surface area contributed by atoms with Gasteiger partial charge in [0.25, 0.3) is 0 Å². The molecule has 4 nitrogen and oxygen atoms in total. The van der Waals surface area contributed by atoms with Crippen molar-refractivity contribution in [2.24, 2.45) is 0 Å². The first-order chi connectivity index (χ1) is 8.74. The van der Waals surface area contributed by atoms with Crippen molar-refractivity contribution in [2.45, 2.75) is 6.18 Å². The van der Waals surface area contributed by atoms with E-state index in [0.717, 1.165) is 0 Å². The van der Waals surface area contributed by atoms with Crippen LogP contribution in [0.5, 0.6) is 5.75 Å². The molecule has 0 N–H and O–H groups in total. The van der Waals surface area contributed by atoms with Crippen LogP contribution in [0.25, 0.3) is 0 Å². The van der Waals surface area contributed by atoms with Crippen molar-refractivity contribution in [1.82, 2.24) is 0 Å². The van der Waals surface area contributed by atoms with Crippen LogP contribution in [0.2, 0.25) is 0 Å². The summed E-state index contributed by atoms with van der Waals surface area (Å²) in [5, 5.41) is 0. The molecule has 0 atom stereocenters. The molecule has 1 aromatic rings. The number of esters is 1. The number of anilines is 1. The van der Waals surface area contributed by atoms with E-state index in [1.54, 1.807) is 19.0 Å². The van der Waals surface area contributed by atoms with Crippen molar-refractivity contribution in [3.05, 3.63) is 23.8 Å². The van der Waals surface area contributed by atoms with Crippen LogP contribution in [-0.2, 0) is 4.74 Å². The van der Waals surface area contributed by atoms with Crippen molar-refractivity contribution < 1.29 is 27.4 Å². The Kier molecular flexibility index (Phi) is 4.63. The predicted octanol–water partition coefficient (Wildman–Crippen LogP) is 2.48. The molecular weight excluding hydrogens is 263 g/mol. The van der Waals surface area contributed by atoms with Gasteiger partial charge < -0.3 is 14.4 Å². The van der Waals surface area contributed by atoms with Gasteiger partial charge in [-0.05, 0) is 18.2 Å². The summed E-state index contributed by atoms with van der Waals surface area (Å²) < 4.78 is 45.3. The first-order valence-electron chi connectivity index (χ1n) is 5.34. The normalized spacial score (nSPS) is 11.1. The van der Waals surface area contributed by atoms with Crippen LogP contribution in [0.1, 0.15) is 10.4 Å². The Bertz CT molecular complexity index is 458. The fourth-order valence-corrected chi connectivity index (χ4v) is 1.43. The van der Waals surface area contributed by atoms with Gasteiger partial charge in [0.2, 0.25) is 0 Å². The minimum absolute atomic E-state index is 0.0386. The Hall–Kier alpha value is -1.92. The van der Waals surface area contributed by atoms with Crippen LogP contribution in [0.4, 0.5) is 18.9 Å². The smallest absolute Gasteiger partial charge is 0.422 e. The Morgan fingerprint density at radius 3 is 2.42 bits per heavy atom. The highest BCUT2D eigenvalue weighted by molar-refractivity contribution is 5.96. The topological polar surface area (TPSA) is 38.8 Å². The molecule has 0 saturated carbocycles. The van der Waals surface area contributed by atoms with E-state index in [2.05, 4.69) is 9.47 Å². The maximum Gasteiger partial charge on any atom is 0.422 e. The van der Waals surface area contributed by atoms with Crippen LogP contribution in [0.3, 0.4) is 0 Å². The number of rotatable bonds is 4. The number of benzene rings is 1. The molecule has 0 aromatic heterocycles. The lowest BCUT2D eigenvalue weighted by Crippen LogP contribution is -2.20. The number of methoxy groups -OCH3 is 1. The number of nitrogens with zero attached hydrogens (tertiary/aromatic N) is 1. The van der Waals surface area contributed by atoms with Crippen LogP contribution in [0, 0.1) is 0 Å². The van der Waals surface area contributed by atoms with E-state index in [1.807, 2.05) is 0 Å². The number of ether oxygens (including phenoxy) is 2. The monoisotopic (exact) mass is 277 g/mol. The first kappa shape index (κ1) is 15.1. The maximum absolute atomic E-state index is 12.0. The average molecular weight is 277 g/mol. The van der Waals surface area contributed by atoms with Crippen molar-refractivity contribution in [3.8, 4) is 5.75 Å². The van der Waals surface area contributed by atoms with Crippen molar-refractivity contribution in [2.75, 3.05) is 32.7 Å². The van der Waals surface area contributed by atoms with E-state index in [-0.39, 0.29) is 11.3 Å². The van der Waals surface area contributed by atoms with Gasteiger partial charge in [0, 0.05) is 14.1 Å². The Balaban J connectivity index is 3.01. The van der Waals surface area contributed by atoms with Gasteiger partial charge in [0.05, 0.1) is 18.4 Å². The summed E-state index contributed by atoms with van der Waals surface area (Å²) in [7, 11) is 4.61. The molecule has 1 aromatic carbocycles. The molecule has 106 valence electrons. The summed E-state index contributed by atoms with van der Waals surface area (Å²) in [6, 6.07) is 4.10. The summed E-state index contributed by atoms with van der Waals surface area (Å²) in [5.41, 5.74) is 0.679. The zero-order chi connectivity index (χ0) is 14.6. The van der Waals surface area contributed by atoms with Gasteiger partial charge in [0.1, 0.15) is 5.75 Å². The van der Waals surface area contributed by atoms with Crippen LogP contribution < -0.4 is 9.64 Å². The van der Waals surface area contributed by atoms with Gasteiger partial charge in [-0.2, -0.15) is 13.2 Å². The van der Waals surface area contributed by atoms with Crippen molar-refractivity contribution >= 4 is 11.7 Å². The number of hydrogen-bond donors (Lipinski definition) is 0. The van der Waals surface area contributed by atoms with E-state index in [0.29, 0.717) is 5.69 Å². The van der Waals surface area contributed by atoms with Gasteiger partial charge in [0.15, 0.2) is 6.61 Å². The Morgan fingerprint density at radius 1 is 1.32 bits per heavy atom. The van der Waals surface area contributed by atoms with Gasteiger partial charge in [-0.1, -0.05) is 0 Å². The zero-order valence-electron chi connectivity index (χ0n) is 10.7. The Morgan fingerprint density at radius 2 is 1.95 bits per heavy atom. The van der Waals surface area contributed by atoms with E-state index >= 15 is 0 Å². The second-order valence-electron chi connectivity index (χ2n) is 3.97. The molecule has 0 amide bonds. The fourth-order valence-electron chi connectivity index (χ4n) is 1.43. The molecule has 0 aliphatic carbocycles. The number of alkyl halides is 3. The third-order valence-electron chi connectivity index (χ3n) is 2.26. The molecule has 0 unspecified atom stereocenters. The molecule has 0 spiro atoms. The van der Waals surface area contributed by atoms with Gasteiger partial charge in [-0.3, -0.25) is 0 Å². The molecule has 1 rings (SSSR count). The third kappa shape index (κ3) is 4.35. The maximum atomic E-state index is 12.0. The van der Waals surface area contributed by atoms with E-state index in [4.69, 9.17) is 0 Å². The second-order valence-corrected chi connectivity index (χ2v) is 3.97. The lowest BCUT2D eigenvalue weighted by atomic mass is 10.1. The van der Waals surface area contributed by atoms with Crippen LogP contribution in [-0.4, -0.2) is 40.0 Å². The average Bonchev–Trinajstić information content (AvgIpc) is 2.34. The third-order valence-corrected chi connectivity index (χ3v) is 2.26. The van der Waals surface area contributed by atoms with Crippen LogP contribution >= 0.6 is 0 Å². The molecule has 0 fully saturated rings. The molecule has 0 aliphatic heterocycles. The molecule has 0 heterocycles. The minimum Gasteiger partial charge on any atom is -0.484 e. The van der Waals surface area contributed by atoms with E-state index in [1.165, 1.54) is 25.3 Å². The van der Waals surface area contributed by atoms with Gasteiger partial charge in [-0.15, -0.1) is 0 Å². The molecule has 0 radical (unpaired) electrons. The molecule has 0 bridgehead atoms. The second kappa shape index (κ2) is 5.81. The fraction of sp³-hybridized carbons (Fsp3) is 0.417. The quantitative estimate of drug-likeness (QED) is 0.793. The minimum atomic E-state index is -4.42. The number of carbonyl (C=O) groups is 1. The predicted molar refractivity (Wildman–Crippen MR) is 63.7 cm³/mol. The lowest BCUT2D eigenvalue weighted by Gasteiger charge is -2.17. The Labute approximate surface area is 108 Å². The van der Waals surface area contributed by atoms with Crippen LogP contribution in [0.15, 0.2) is 18.2 Å². The summed E-state index contributed by atoms with van der Waals surface area (Å²) >= 11 is 0. The van der Waals surface area contributed by atoms with Crippen molar-refractivity contribution in [1.29, 1.82) is 0 Å². The first-order valence-corrected chi connectivity index (χ1v) is 5.34.